The lowest BCUT2D eigenvalue weighted by atomic mass is 9.95. The van der Waals surface area contributed by atoms with Gasteiger partial charge < -0.3 is 10.1 Å². The van der Waals surface area contributed by atoms with Crippen molar-refractivity contribution in [2.45, 2.75) is 46.3 Å². The monoisotopic (exact) mass is 435 g/mol. The maximum Gasteiger partial charge on any atom is 0.223 e. The number of fused-ring (bicyclic) bond motifs is 1. The number of amides is 1. The largest absolute Gasteiger partial charge is 0.493 e. The molecular formula is C25H29N3O2S. The van der Waals surface area contributed by atoms with Crippen LogP contribution in [-0.4, -0.2) is 28.9 Å². The van der Waals surface area contributed by atoms with Crippen LogP contribution in [-0.2, 0) is 30.8 Å². The lowest BCUT2D eigenvalue weighted by molar-refractivity contribution is -0.121. The van der Waals surface area contributed by atoms with Gasteiger partial charge in [-0.3, -0.25) is 14.7 Å². The molecule has 6 heteroatoms. The van der Waals surface area contributed by atoms with Gasteiger partial charge >= 0.3 is 0 Å². The van der Waals surface area contributed by atoms with Crippen molar-refractivity contribution < 1.29 is 9.53 Å². The Bertz CT molecular complexity index is 1030. The highest BCUT2D eigenvalue weighted by Crippen LogP contribution is 2.26. The predicted molar refractivity (Wildman–Crippen MR) is 124 cm³/mol. The van der Waals surface area contributed by atoms with Crippen LogP contribution in [0.2, 0.25) is 0 Å². The SMILES string of the molecule is Cc1ccc(CN2CCc3c(cnc(C)c3CNC(=O)CCOc3ccccc3)C2)s1. The Labute approximate surface area is 188 Å². The van der Waals surface area contributed by atoms with Gasteiger partial charge in [0.2, 0.25) is 5.91 Å². The number of rotatable bonds is 8. The molecular weight excluding hydrogens is 406 g/mol. The van der Waals surface area contributed by atoms with Crippen molar-refractivity contribution >= 4 is 17.2 Å². The number of ether oxygens (including phenoxy) is 1. The molecule has 0 bridgehead atoms. The first-order valence-electron chi connectivity index (χ1n) is 10.8. The Morgan fingerprint density at radius 1 is 1.19 bits per heavy atom. The zero-order valence-electron chi connectivity index (χ0n) is 18.2. The second kappa shape index (κ2) is 10.1. The third-order valence-corrected chi connectivity index (χ3v) is 6.64. The van der Waals surface area contributed by atoms with Crippen LogP contribution in [0.4, 0.5) is 0 Å². The van der Waals surface area contributed by atoms with E-state index in [1.54, 1.807) is 0 Å². The highest BCUT2D eigenvalue weighted by molar-refractivity contribution is 7.11. The van der Waals surface area contributed by atoms with Gasteiger partial charge in [0.05, 0.1) is 13.0 Å². The summed E-state index contributed by atoms with van der Waals surface area (Å²) in [5.41, 5.74) is 4.80. The standard InChI is InChI=1S/C25H29N3O2S/c1-18-8-9-22(31-18)17-28-12-10-23-20(16-28)14-26-19(2)24(23)15-27-25(29)11-13-30-21-6-4-3-5-7-21/h3-9,14H,10-13,15-17H2,1-2H3,(H,27,29). The zero-order chi connectivity index (χ0) is 21.6. The fourth-order valence-electron chi connectivity index (χ4n) is 3.99. The van der Waals surface area contributed by atoms with Crippen LogP contribution in [0.1, 0.15) is 38.6 Å². The first kappa shape index (κ1) is 21.5. The number of nitrogens with one attached hydrogen (secondary N) is 1. The lowest BCUT2D eigenvalue weighted by Crippen LogP contribution is -2.32. The Morgan fingerprint density at radius 3 is 2.81 bits per heavy atom. The Hall–Kier alpha value is -2.70. The summed E-state index contributed by atoms with van der Waals surface area (Å²) in [5, 5.41) is 3.06. The third-order valence-electron chi connectivity index (χ3n) is 5.65. The molecule has 0 saturated carbocycles. The molecule has 0 radical (unpaired) electrons. The summed E-state index contributed by atoms with van der Waals surface area (Å²) in [6, 6.07) is 14.0. The average Bonchev–Trinajstić information content (AvgIpc) is 3.18. The highest BCUT2D eigenvalue weighted by atomic mass is 32.1. The van der Waals surface area contributed by atoms with E-state index in [2.05, 4.69) is 34.3 Å². The second-order valence-corrected chi connectivity index (χ2v) is 9.36. The number of nitrogens with zero attached hydrogens (tertiary/aromatic N) is 2. The van der Waals surface area contributed by atoms with Gasteiger partial charge in [-0.2, -0.15) is 0 Å². The van der Waals surface area contributed by atoms with Gasteiger partial charge in [0.1, 0.15) is 5.75 Å². The quantitative estimate of drug-likeness (QED) is 0.570. The number of hydrogen-bond donors (Lipinski definition) is 1. The number of pyridine rings is 1. The van der Waals surface area contributed by atoms with E-state index in [-0.39, 0.29) is 5.91 Å². The number of aryl methyl sites for hydroxylation is 2. The third kappa shape index (κ3) is 5.71. The molecule has 1 aromatic carbocycles. The second-order valence-electron chi connectivity index (χ2n) is 7.99. The molecule has 3 aromatic rings. The molecule has 31 heavy (non-hydrogen) atoms. The number of benzene rings is 1. The summed E-state index contributed by atoms with van der Waals surface area (Å²) >= 11 is 1.87. The number of carbonyl (C=O) groups is 1. The summed E-state index contributed by atoms with van der Waals surface area (Å²) in [7, 11) is 0. The summed E-state index contributed by atoms with van der Waals surface area (Å²) in [6.45, 7) is 8.00. The van der Waals surface area contributed by atoms with Crippen LogP contribution in [0.3, 0.4) is 0 Å². The van der Waals surface area contributed by atoms with Gasteiger partial charge in [-0.1, -0.05) is 18.2 Å². The van der Waals surface area contributed by atoms with Gasteiger partial charge in [-0.25, -0.2) is 0 Å². The average molecular weight is 436 g/mol. The maximum atomic E-state index is 12.3. The molecule has 0 saturated heterocycles. The Balaban J connectivity index is 1.32. The molecule has 0 aliphatic carbocycles. The summed E-state index contributed by atoms with van der Waals surface area (Å²) < 4.78 is 5.63. The minimum atomic E-state index is -0.00145. The number of carbonyl (C=O) groups excluding carboxylic acids is 1. The molecule has 0 unspecified atom stereocenters. The fourth-order valence-corrected chi connectivity index (χ4v) is 4.93. The predicted octanol–water partition coefficient (Wildman–Crippen LogP) is 4.40. The van der Waals surface area contributed by atoms with E-state index in [0.717, 1.165) is 37.5 Å². The fraction of sp³-hybridized carbons (Fsp3) is 0.360. The van der Waals surface area contributed by atoms with Crippen LogP contribution in [0.15, 0.2) is 48.7 Å². The van der Waals surface area contributed by atoms with Gasteiger partial charge in [0.25, 0.3) is 0 Å². The number of para-hydroxylation sites is 1. The summed E-state index contributed by atoms with van der Waals surface area (Å²) in [6.07, 6.45) is 3.34. The highest BCUT2D eigenvalue weighted by Gasteiger charge is 2.21. The molecule has 3 heterocycles. The van der Waals surface area contributed by atoms with Crippen molar-refractivity contribution in [3.63, 3.8) is 0 Å². The van der Waals surface area contributed by atoms with E-state index in [9.17, 15) is 4.79 Å². The molecule has 162 valence electrons. The van der Waals surface area contributed by atoms with Crippen LogP contribution < -0.4 is 10.1 Å². The van der Waals surface area contributed by atoms with Gasteiger partial charge in [0, 0.05) is 47.8 Å². The van der Waals surface area contributed by atoms with Crippen LogP contribution in [0.25, 0.3) is 0 Å². The van der Waals surface area contributed by atoms with Crippen molar-refractivity contribution in [2.75, 3.05) is 13.2 Å². The summed E-state index contributed by atoms with van der Waals surface area (Å²) in [4.78, 5) is 22.2. The van der Waals surface area contributed by atoms with E-state index in [4.69, 9.17) is 4.74 Å². The van der Waals surface area contributed by atoms with Crippen molar-refractivity contribution in [1.29, 1.82) is 0 Å². The maximum absolute atomic E-state index is 12.3. The van der Waals surface area contributed by atoms with Crippen LogP contribution in [0, 0.1) is 13.8 Å². The molecule has 0 spiro atoms. The molecule has 0 atom stereocenters. The smallest absolute Gasteiger partial charge is 0.223 e. The molecule has 0 fully saturated rings. The van der Waals surface area contributed by atoms with E-state index in [0.29, 0.717) is 19.6 Å². The molecule has 4 rings (SSSR count). The van der Waals surface area contributed by atoms with E-state index < -0.39 is 0 Å². The van der Waals surface area contributed by atoms with Crippen LogP contribution in [0.5, 0.6) is 5.75 Å². The minimum absolute atomic E-state index is 0.00145. The molecule has 1 N–H and O–H groups in total. The normalized spacial score (nSPS) is 13.6. The number of thiophene rings is 1. The topological polar surface area (TPSA) is 54.5 Å². The minimum Gasteiger partial charge on any atom is -0.493 e. The molecule has 5 nitrogen and oxygen atoms in total. The van der Waals surface area contributed by atoms with Crippen molar-refractivity contribution in [3.8, 4) is 5.75 Å². The molecule has 1 amide bonds. The molecule has 1 aliphatic rings. The van der Waals surface area contributed by atoms with Crippen molar-refractivity contribution in [2.24, 2.45) is 0 Å². The molecule has 2 aromatic heterocycles. The van der Waals surface area contributed by atoms with Gasteiger partial charge in [-0.15, -0.1) is 11.3 Å². The molecule has 1 aliphatic heterocycles. The van der Waals surface area contributed by atoms with E-state index in [1.807, 2.05) is 54.8 Å². The summed E-state index contributed by atoms with van der Waals surface area (Å²) in [5.74, 6) is 0.785. The van der Waals surface area contributed by atoms with Crippen molar-refractivity contribution in [3.05, 3.63) is 80.8 Å². The Kier molecular flexibility index (Phi) is 6.99. The number of hydrogen-bond acceptors (Lipinski definition) is 5. The first-order valence-corrected chi connectivity index (χ1v) is 11.6. The van der Waals surface area contributed by atoms with E-state index >= 15 is 0 Å². The lowest BCUT2D eigenvalue weighted by Gasteiger charge is -2.30. The van der Waals surface area contributed by atoms with Crippen molar-refractivity contribution in [1.82, 2.24) is 15.2 Å². The zero-order valence-corrected chi connectivity index (χ0v) is 19.0. The van der Waals surface area contributed by atoms with Crippen LogP contribution >= 0.6 is 11.3 Å². The van der Waals surface area contributed by atoms with Gasteiger partial charge in [0.15, 0.2) is 0 Å². The van der Waals surface area contributed by atoms with E-state index in [1.165, 1.54) is 26.4 Å². The van der Waals surface area contributed by atoms with Gasteiger partial charge in [-0.05, 0) is 61.2 Å². The first-order chi connectivity index (χ1) is 15.1. The number of aromatic nitrogens is 1. The Morgan fingerprint density at radius 2 is 2.03 bits per heavy atom.